The number of rotatable bonds is 5. The van der Waals surface area contributed by atoms with Gasteiger partial charge in [0.1, 0.15) is 5.75 Å². The minimum atomic E-state index is -0.571. The van der Waals surface area contributed by atoms with Gasteiger partial charge in [-0.15, -0.1) is 0 Å². The van der Waals surface area contributed by atoms with Crippen LogP contribution in [0.2, 0.25) is 0 Å². The molecule has 1 aromatic heterocycles. The Morgan fingerprint density at radius 3 is 2.69 bits per heavy atom. The van der Waals surface area contributed by atoms with E-state index in [1.807, 2.05) is 73.1 Å². The van der Waals surface area contributed by atoms with Crippen molar-refractivity contribution in [1.82, 2.24) is 20.0 Å². The predicted octanol–water partition coefficient (Wildman–Crippen LogP) is 3.26. The molecule has 0 atom stereocenters. The quantitative estimate of drug-likeness (QED) is 0.727. The number of ether oxygens (including phenoxy) is 1. The molecule has 3 aromatic rings. The first kappa shape index (κ1) is 19.2. The van der Waals surface area contributed by atoms with Gasteiger partial charge in [-0.2, -0.15) is 5.10 Å². The number of methoxy groups -OCH3 is 1. The molecule has 1 aliphatic heterocycles. The summed E-state index contributed by atoms with van der Waals surface area (Å²) in [5.74, 6) is 0.850. The summed E-state index contributed by atoms with van der Waals surface area (Å²) in [6.07, 6.45) is 2.06. The Bertz CT molecular complexity index is 1010. The minimum absolute atomic E-state index is 0.0575. The molecule has 1 N–H and O–H groups in total. The van der Waals surface area contributed by atoms with E-state index < -0.39 is 5.54 Å². The Kier molecular flexibility index (Phi) is 5.11. The molecule has 6 nitrogen and oxygen atoms in total. The van der Waals surface area contributed by atoms with Crippen molar-refractivity contribution in [2.24, 2.45) is 0 Å². The number of hydrogen-bond acceptors (Lipinski definition) is 4. The Morgan fingerprint density at radius 1 is 1.14 bits per heavy atom. The van der Waals surface area contributed by atoms with Crippen LogP contribution in [-0.2, 0) is 11.3 Å². The average Bonchev–Trinajstić information content (AvgIpc) is 3.16. The van der Waals surface area contributed by atoms with E-state index in [0.29, 0.717) is 13.1 Å². The highest BCUT2D eigenvalue weighted by molar-refractivity contribution is 5.86. The maximum Gasteiger partial charge on any atom is 0.240 e. The van der Waals surface area contributed by atoms with Crippen molar-refractivity contribution in [2.45, 2.75) is 25.9 Å². The van der Waals surface area contributed by atoms with E-state index in [0.717, 1.165) is 34.8 Å². The van der Waals surface area contributed by atoms with Crippen molar-refractivity contribution in [2.75, 3.05) is 20.2 Å². The zero-order valence-corrected chi connectivity index (χ0v) is 17.1. The molecule has 0 bridgehead atoms. The van der Waals surface area contributed by atoms with Gasteiger partial charge in [0.15, 0.2) is 0 Å². The van der Waals surface area contributed by atoms with Crippen molar-refractivity contribution in [1.29, 1.82) is 0 Å². The van der Waals surface area contributed by atoms with Gasteiger partial charge in [0.05, 0.1) is 24.0 Å². The van der Waals surface area contributed by atoms with Crippen LogP contribution in [0, 0.1) is 0 Å². The standard InChI is InChI=1S/C23H26N4O2/c1-23(2)22(28)24-12-13-26(23)15-18-16-27(19-9-5-4-6-10-19)25-21(18)17-8-7-11-20(14-17)29-3/h4-11,14,16H,12-13,15H2,1-3H3,(H,24,28). The van der Waals surface area contributed by atoms with Crippen molar-refractivity contribution >= 4 is 5.91 Å². The van der Waals surface area contributed by atoms with Gasteiger partial charge < -0.3 is 10.1 Å². The van der Waals surface area contributed by atoms with Crippen LogP contribution >= 0.6 is 0 Å². The number of nitrogens with zero attached hydrogens (tertiary/aromatic N) is 3. The number of hydrogen-bond donors (Lipinski definition) is 1. The largest absolute Gasteiger partial charge is 0.497 e. The van der Waals surface area contributed by atoms with Gasteiger partial charge in [0, 0.05) is 37.0 Å². The monoisotopic (exact) mass is 390 g/mol. The molecular formula is C23H26N4O2. The topological polar surface area (TPSA) is 59.4 Å². The maximum atomic E-state index is 12.4. The Morgan fingerprint density at radius 2 is 1.93 bits per heavy atom. The molecule has 1 saturated heterocycles. The van der Waals surface area contributed by atoms with Crippen LogP contribution < -0.4 is 10.1 Å². The number of para-hydroxylation sites is 1. The lowest BCUT2D eigenvalue weighted by molar-refractivity contribution is -0.135. The third-order valence-corrected chi connectivity index (χ3v) is 5.53. The summed E-state index contributed by atoms with van der Waals surface area (Å²) in [7, 11) is 1.66. The Balaban J connectivity index is 1.77. The fraction of sp³-hybridized carbons (Fsp3) is 0.304. The van der Waals surface area contributed by atoms with Gasteiger partial charge in [-0.1, -0.05) is 30.3 Å². The minimum Gasteiger partial charge on any atom is -0.497 e. The highest BCUT2D eigenvalue weighted by atomic mass is 16.5. The number of amides is 1. The van der Waals surface area contributed by atoms with Gasteiger partial charge in [0.2, 0.25) is 5.91 Å². The second kappa shape index (κ2) is 7.72. The first-order valence-electron chi connectivity index (χ1n) is 9.81. The van der Waals surface area contributed by atoms with Crippen LogP contribution in [0.3, 0.4) is 0 Å². The van der Waals surface area contributed by atoms with Crippen molar-refractivity contribution in [3.8, 4) is 22.7 Å². The van der Waals surface area contributed by atoms with Crippen LogP contribution in [0.15, 0.2) is 60.8 Å². The SMILES string of the molecule is COc1cccc(-c2nn(-c3ccccc3)cc2CN2CCNC(=O)C2(C)C)c1. The molecule has 1 amide bonds. The summed E-state index contributed by atoms with van der Waals surface area (Å²) < 4.78 is 7.31. The van der Waals surface area contributed by atoms with E-state index in [4.69, 9.17) is 9.84 Å². The third-order valence-electron chi connectivity index (χ3n) is 5.53. The summed E-state index contributed by atoms with van der Waals surface area (Å²) in [4.78, 5) is 14.6. The van der Waals surface area contributed by atoms with E-state index in [2.05, 4.69) is 16.4 Å². The van der Waals surface area contributed by atoms with Crippen LogP contribution in [0.5, 0.6) is 5.75 Å². The highest BCUT2D eigenvalue weighted by Crippen LogP contribution is 2.30. The molecule has 4 rings (SSSR count). The number of carbonyl (C=O) groups is 1. The summed E-state index contributed by atoms with van der Waals surface area (Å²) in [6.45, 7) is 6.03. The molecule has 2 aromatic carbocycles. The van der Waals surface area contributed by atoms with Crippen LogP contribution in [0.25, 0.3) is 16.9 Å². The molecule has 1 aliphatic rings. The Hall–Kier alpha value is -3.12. The molecule has 0 saturated carbocycles. The number of benzene rings is 2. The maximum absolute atomic E-state index is 12.4. The van der Waals surface area contributed by atoms with E-state index in [9.17, 15) is 4.79 Å². The van der Waals surface area contributed by atoms with E-state index >= 15 is 0 Å². The zero-order valence-electron chi connectivity index (χ0n) is 17.1. The zero-order chi connectivity index (χ0) is 20.4. The van der Waals surface area contributed by atoms with Crippen molar-refractivity contribution in [3.63, 3.8) is 0 Å². The van der Waals surface area contributed by atoms with Gasteiger partial charge in [-0.3, -0.25) is 9.69 Å². The first-order chi connectivity index (χ1) is 14.0. The van der Waals surface area contributed by atoms with Crippen molar-refractivity contribution < 1.29 is 9.53 Å². The number of nitrogens with one attached hydrogen (secondary N) is 1. The molecule has 2 heterocycles. The summed E-state index contributed by atoms with van der Waals surface area (Å²) in [5, 5.41) is 7.85. The molecule has 0 spiro atoms. The predicted molar refractivity (Wildman–Crippen MR) is 113 cm³/mol. The molecule has 0 aliphatic carbocycles. The lowest BCUT2D eigenvalue weighted by Gasteiger charge is -2.41. The molecule has 6 heteroatoms. The van der Waals surface area contributed by atoms with Crippen molar-refractivity contribution in [3.05, 3.63) is 66.4 Å². The summed E-state index contributed by atoms with van der Waals surface area (Å²) >= 11 is 0. The fourth-order valence-electron chi connectivity index (χ4n) is 3.68. The van der Waals surface area contributed by atoms with Crippen LogP contribution in [0.1, 0.15) is 19.4 Å². The molecular weight excluding hydrogens is 364 g/mol. The van der Waals surface area contributed by atoms with E-state index in [-0.39, 0.29) is 5.91 Å². The molecule has 150 valence electrons. The average molecular weight is 390 g/mol. The summed E-state index contributed by atoms with van der Waals surface area (Å²) in [5.41, 5.74) is 3.39. The van der Waals surface area contributed by atoms with E-state index in [1.165, 1.54) is 0 Å². The lowest BCUT2D eigenvalue weighted by atomic mass is 9.97. The fourth-order valence-corrected chi connectivity index (χ4v) is 3.68. The van der Waals surface area contributed by atoms with Gasteiger partial charge >= 0.3 is 0 Å². The third kappa shape index (κ3) is 3.76. The lowest BCUT2D eigenvalue weighted by Crippen LogP contribution is -2.61. The number of piperazine rings is 1. The highest BCUT2D eigenvalue weighted by Gasteiger charge is 2.38. The molecule has 29 heavy (non-hydrogen) atoms. The van der Waals surface area contributed by atoms with Crippen LogP contribution in [0.4, 0.5) is 0 Å². The van der Waals surface area contributed by atoms with Gasteiger partial charge in [0.25, 0.3) is 0 Å². The second-order valence-corrected chi connectivity index (χ2v) is 7.75. The normalized spacial score (nSPS) is 16.4. The molecule has 1 fully saturated rings. The summed E-state index contributed by atoms with van der Waals surface area (Å²) in [6, 6.07) is 18.0. The smallest absolute Gasteiger partial charge is 0.240 e. The van der Waals surface area contributed by atoms with E-state index in [1.54, 1.807) is 7.11 Å². The Labute approximate surface area is 171 Å². The number of carbonyl (C=O) groups excluding carboxylic acids is 1. The first-order valence-corrected chi connectivity index (χ1v) is 9.81. The van der Waals surface area contributed by atoms with Gasteiger partial charge in [-0.05, 0) is 38.1 Å². The second-order valence-electron chi connectivity index (χ2n) is 7.75. The van der Waals surface area contributed by atoms with Crippen LogP contribution in [-0.4, -0.2) is 46.3 Å². The van der Waals surface area contributed by atoms with Gasteiger partial charge in [-0.25, -0.2) is 4.68 Å². The molecule has 0 unspecified atom stereocenters. The number of aromatic nitrogens is 2. The molecule has 0 radical (unpaired) electrons.